The van der Waals surface area contributed by atoms with Crippen molar-refractivity contribution in [3.63, 3.8) is 0 Å². The van der Waals surface area contributed by atoms with Gasteiger partial charge in [0, 0.05) is 21.0 Å². The van der Waals surface area contributed by atoms with E-state index in [1.54, 1.807) is 24.3 Å². The second kappa shape index (κ2) is 7.11. The van der Waals surface area contributed by atoms with Crippen molar-refractivity contribution < 1.29 is 13.9 Å². The minimum atomic E-state index is -0.334. The minimum Gasteiger partial charge on any atom is -0.469 e. The Bertz CT molecular complexity index is 860. The molecule has 0 saturated carbocycles. The molecule has 0 aliphatic carbocycles. The van der Waals surface area contributed by atoms with E-state index in [-0.39, 0.29) is 18.2 Å². The molecule has 6 heteroatoms. The molecule has 24 heavy (non-hydrogen) atoms. The van der Waals surface area contributed by atoms with Crippen molar-refractivity contribution >= 4 is 28.9 Å². The average Bonchev–Trinajstić information content (AvgIpc) is 3.00. The Morgan fingerprint density at radius 2 is 1.75 bits per heavy atom. The first-order chi connectivity index (χ1) is 11.6. The van der Waals surface area contributed by atoms with Crippen LogP contribution in [0.5, 0.6) is 0 Å². The van der Waals surface area contributed by atoms with E-state index < -0.39 is 0 Å². The maximum absolute atomic E-state index is 13.1. The van der Waals surface area contributed by atoms with Gasteiger partial charge in [0.15, 0.2) is 0 Å². The van der Waals surface area contributed by atoms with E-state index in [1.807, 2.05) is 12.1 Å². The zero-order chi connectivity index (χ0) is 17.1. The van der Waals surface area contributed by atoms with Gasteiger partial charge < -0.3 is 4.74 Å². The van der Waals surface area contributed by atoms with Crippen LogP contribution in [0.4, 0.5) is 4.39 Å². The summed E-state index contributed by atoms with van der Waals surface area (Å²) in [6.45, 7) is 0. The van der Waals surface area contributed by atoms with Crippen LogP contribution in [-0.2, 0) is 16.0 Å². The van der Waals surface area contributed by atoms with Crippen molar-refractivity contribution in [3.05, 3.63) is 64.2 Å². The van der Waals surface area contributed by atoms with Gasteiger partial charge in [0.25, 0.3) is 0 Å². The van der Waals surface area contributed by atoms with Gasteiger partial charge in [0.05, 0.1) is 19.2 Å². The molecule has 3 nitrogen and oxygen atoms in total. The van der Waals surface area contributed by atoms with Crippen LogP contribution in [0.1, 0.15) is 4.88 Å². The van der Waals surface area contributed by atoms with Crippen LogP contribution in [0.25, 0.3) is 21.8 Å². The van der Waals surface area contributed by atoms with Crippen molar-refractivity contribution in [2.45, 2.75) is 6.42 Å². The van der Waals surface area contributed by atoms with Crippen LogP contribution in [0.3, 0.4) is 0 Å². The summed E-state index contributed by atoms with van der Waals surface area (Å²) in [5.74, 6) is -0.637. The number of halogens is 2. The molecule has 1 aromatic heterocycles. The van der Waals surface area contributed by atoms with Crippen LogP contribution >= 0.6 is 22.9 Å². The van der Waals surface area contributed by atoms with E-state index in [9.17, 15) is 9.18 Å². The zero-order valence-corrected chi connectivity index (χ0v) is 14.3. The second-order valence-corrected chi connectivity index (χ2v) is 6.58. The number of ether oxygens (including phenoxy) is 1. The van der Waals surface area contributed by atoms with E-state index in [1.165, 1.54) is 30.6 Å². The second-order valence-electron chi connectivity index (χ2n) is 5.06. The number of esters is 1. The van der Waals surface area contributed by atoms with Crippen molar-refractivity contribution in [2.24, 2.45) is 0 Å². The third-order valence-electron chi connectivity index (χ3n) is 3.44. The molecule has 0 atom stereocenters. The van der Waals surface area contributed by atoms with Crippen LogP contribution in [0.15, 0.2) is 48.5 Å². The van der Waals surface area contributed by atoms with Crippen LogP contribution < -0.4 is 0 Å². The Balaban J connectivity index is 2.06. The van der Waals surface area contributed by atoms with Crippen molar-refractivity contribution in [2.75, 3.05) is 7.11 Å². The molecule has 0 amide bonds. The first kappa shape index (κ1) is 16.6. The molecular weight excluding hydrogens is 349 g/mol. The molecule has 3 rings (SSSR count). The van der Waals surface area contributed by atoms with Gasteiger partial charge in [0.1, 0.15) is 10.8 Å². The molecule has 0 aliphatic heterocycles. The van der Waals surface area contributed by atoms with Crippen LogP contribution in [-0.4, -0.2) is 18.1 Å². The fourth-order valence-corrected chi connectivity index (χ4v) is 3.42. The molecule has 2 aromatic carbocycles. The molecule has 1 heterocycles. The summed E-state index contributed by atoms with van der Waals surface area (Å²) in [5.41, 5.74) is 2.37. The quantitative estimate of drug-likeness (QED) is 0.615. The fourth-order valence-electron chi connectivity index (χ4n) is 2.22. The highest BCUT2D eigenvalue weighted by Gasteiger charge is 2.17. The lowest BCUT2D eigenvalue weighted by Gasteiger charge is -2.02. The monoisotopic (exact) mass is 361 g/mol. The Morgan fingerprint density at radius 1 is 1.12 bits per heavy atom. The van der Waals surface area contributed by atoms with Gasteiger partial charge in [-0.05, 0) is 36.4 Å². The van der Waals surface area contributed by atoms with Gasteiger partial charge in [-0.15, -0.1) is 11.3 Å². The number of benzene rings is 2. The number of methoxy groups -OCH3 is 1. The predicted octanol–water partition coefficient (Wildman–Crippen LogP) is 4.99. The molecule has 0 N–H and O–H groups in total. The number of carbonyl (C=O) groups is 1. The van der Waals surface area contributed by atoms with Gasteiger partial charge >= 0.3 is 5.97 Å². The summed E-state index contributed by atoms with van der Waals surface area (Å²) in [4.78, 5) is 17.1. The highest BCUT2D eigenvalue weighted by atomic mass is 35.5. The summed E-state index contributed by atoms with van der Waals surface area (Å²) < 4.78 is 17.9. The molecule has 0 unspecified atom stereocenters. The van der Waals surface area contributed by atoms with Crippen molar-refractivity contribution in [3.8, 4) is 21.8 Å². The average molecular weight is 362 g/mol. The maximum Gasteiger partial charge on any atom is 0.310 e. The van der Waals surface area contributed by atoms with Gasteiger partial charge in [0.2, 0.25) is 0 Å². The number of carbonyl (C=O) groups excluding carboxylic acids is 1. The lowest BCUT2D eigenvalue weighted by Crippen LogP contribution is -2.03. The largest absolute Gasteiger partial charge is 0.469 e. The molecule has 0 aliphatic rings. The number of nitrogens with zero attached hydrogens (tertiary/aromatic N) is 1. The molecule has 0 spiro atoms. The Labute approximate surface area is 147 Å². The molecule has 0 saturated heterocycles. The van der Waals surface area contributed by atoms with Gasteiger partial charge in [-0.25, -0.2) is 9.37 Å². The summed E-state index contributed by atoms with van der Waals surface area (Å²) in [6, 6.07) is 13.4. The van der Waals surface area contributed by atoms with E-state index in [0.717, 1.165) is 21.0 Å². The van der Waals surface area contributed by atoms with Gasteiger partial charge in [-0.1, -0.05) is 23.7 Å². The highest BCUT2D eigenvalue weighted by Crippen LogP contribution is 2.34. The maximum atomic E-state index is 13.1. The van der Waals surface area contributed by atoms with Crippen molar-refractivity contribution in [1.29, 1.82) is 0 Å². The highest BCUT2D eigenvalue weighted by molar-refractivity contribution is 7.15. The van der Waals surface area contributed by atoms with Crippen LogP contribution in [0.2, 0.25) is 5.02 Å². The number of hydrogen-bond acceptors (Lipinski definition) is 4. The molecule has 0 bridgehead atoms. The molecule has 122 valence electrons. The Hall–Kier alpha value is -2.24. The summed E-state index contributed by atoms with van der Waals surface area (Å²) in [6.07, 6.45) is 0.132. The summed E-state index contributed by atoms with van der Waals surface area (Å²) in [5, 5.41) is 1.35. The van der Waals surface area contributed by atoms with Gasteiger partial charge in [-0.3, -0.25) is 4.79 Å². The SMILES string of the molecule is COC(=O)Cc1sc(-c2ccc(F)cc2)nc1-c1ccc(Cl)cc1. The fraction of sp³-hybridized carbons (Fsp3) is 0.111. The van der Waals surface area contributed by atoms with Crippen LogP contribution in [0, 0.1) is 5.82 Å². The molecule has 0 fully saturated rings. The normalized spacial score (nSPS) is 10.6. The summed E-state index contributed by atoms with van der Waals surface area (Å²) >= 11 is 7.33. The number of rotatable bonds is 4. The first-order valence-corrected chi connectivity index (χ1v) is 8.34. The summed E-state index contributed by atoms with van der Waals surface area (Å²) in [7, 11) is 1.35. The topological polar surface area (TPSA) is 39.2 Å². The first-order valence-electron chi connectivity index (χ1n) is 7.15. The molecule has 3 aromatic rings. The van der Waals surface area contributed by atoms with E-state index >= 15 is 0 Å². The third kappa shape index (κ3) is 3.63. The standard InChI is InChI=1S/C18H13ClFNO2S/c1-23-16(22)10-15-17(11-2-6-13(19)7-3-11)21-18(24-15)12-4-8-14(20)9-5-12/h2-9H,10H2,1H3. The minimum absolute atomic E-state index is 0.132. The smallest absolute Gasteiger partial charge is 0.310 e. The molecule has 0 radical (unpaired) electrons. The van der Waals surface area contributed by atoms with E-state index in [2.05, 4.69) is 4.98 Å². The number of aromatic nitrogens is 1. The van der Waals surface area contributed by atoms with Crippen molar-refractivity contribution in [1.82, 2.24) is 4.98 Å². The number of thiazole rings is 1. The number of hydrogen-bond donors (Lipinski definition) is 0. The van der Waals surface area contributed by atoms with E-state index in [0.29, 0.717) is 10.7 Å². The molecular formula is C18H13ClFNO2S. The Morgan fingerprint density at radius 3 is 2.38 bits per heavy atom. The Kier molecular flexibility index (Phi) is 4.92. The zero-order valence-electron chi connectivity index (χ0n) is 12.8. The lowest BCUT2D eigenvalue weighted by atomic mass is 10.1. The third-order valence-corrected chi connectivity index (χ3v) is 4.80. The van der Waals surface area contributed by atoms with Gasteiger partial charge in [-0.2, -0.15) is 0 Å². The predicted molar refractivity (Wildman–Crippen MR) is 93.7 cm³/mol. The van der Waals surface area contributed by atoms with E-state index in [4.69, 9.17) is 16.3 Å². The lowest BCUT2D eigenvalue weighted by molar-refractivity contribution is -0.139.